The second-order valence-corrected chi connectivity index (χ2v) is 3.07. The van der Waals surface area contributed by atoms with Gasteiger partial charge >= 0.3 is 18.6 Å². The third-order valence-corrected chi connectivity index (χ3v) is 1.72. The summed E-state index contributed by atoms with van der Waals surface area (Å²) in [7, 11) is 0. The highest BCUT2D eigenvalue weighted by atomic mass is 19.4. The summed E-state index contributed by atoms with van der Waals surface area (Å²) in [4.78, 5) is 10.1. The van der Waals surface area contributed by atoms with Gasteiger partial charge in [0.25, 0.3) is 0 Å². The average molecular weight is 272 g/mol. The van der Waals surface area contributed by atoms with Gasteiger partial charge in [0.05, 0.1) is 5.69 Å². The van der Waals surface area contributed by atoms with Crippen molar-refractivity contribution in [1.82, 2.24) is 5.32 Å². The van der Waals surface area contributed by atoms with Gasteiger partial charge in [-0.15, -0.1) is 13.2 Å². The monoisotopic (exact) mass is 272 g/mol. The minimum atomic E-state index is -5.27. The fourth-order valence-corrected chi connectivity index (χ4v) is 1.13. The average Bonchev–Trinajstić information content (AvgIpc) is 2.13. The number of halogens is 6. The largest absolute Gasteiger partial charge is 0.493 e. The Kier molecular flexibility index (Phi) is 3.73. The quantitative estimate of drug-likeness (QED) is 0.617. The summed E-state index contributed by atoms with van der Waals surface area (Å²) in [6, 6.07) is 3.09. The minimum Gasteiger partial charge on any atom is -0.248 e. The Morgan fingerprint density at radius 1 is 1.00 bits per heavy atom. The predicted octanol–water partition coefficient (Wildman–Crippen LogP) is 3.24. The van der Waals surface area contributed by atoms with E-state index in [9.17, 15) is 31.1 Å². The van der Waals surface area contributed by atoms with Crippen LogP contribution in [0.1, 0.15) is 0 Å². The molecule has 18 heavy (non-hydrogen) atoms. The molecule has 2 amide bonds. The van der Waals surface area contributed by atoms with Crippen molar-refractivity contribution in [2.75, 3.05) is 4.90 Å². The number of carbonyl (C=O) groups is 1. The van der Waals surface area contributed by atoms with Crippen molar-refractivity contribution in [3.8, 4) is 0 Å². The third kappa shape index (κ3) is 3.82. The molecule has 0 aliphatic rings. The molecule has 100 valence electrons. The van der Waals surface area contributed by atoms with Crippen LogP contribution in [0.5, 0.6) is 0 Å². The van der Waals surface area contributed by atoms with E-state index in [1.165, 1.54) is 6.07 Å². The second-order valence-electron chi connectivity index (χ2n) is 3.07. The molecular weight excluding hydrogens is 266 g/mol. The lowest BCUT2D eigenvalue weighted by Crippen LogP contribution is -2.52. The summed E-state index contributed by atoms with van der Waals surface area (Å²) in [6.07, 6.45) is -10.5. The molecule has 1 aromatic rings. The lowest BCUT2D eigenvalue weighted by Gasteiger charge is -2.25. The summed E-state index contributed by atoms with van der Waals surface area (Å²) in [6.45, 7) is 0. The molecule has 0 spiro atoms. The van der Waals surface area contributed by atoms with Crippen LogP contribution < -0.4 is 10.2 Å². The standard InChI is InChI=1S/C9H6F6N2O/c10-8(11,12)16-7(18)17(9(13,14)15)6-4-2-1-3-5-6/h1-5H,(H,16,18). The zero-order valence-electron chi connectivity index (χ0n) is 8.51. The van der Waals surface area contributed by atoms with Crippen LogP contribution in [0.2, 0.25) is 0 Å². The Morgan fingerprint density at radius 2 is 1.50 bits per heavy atom. The molecule has 0 fully saturated rings. The van der Waals surface area contributed by atoms with Crippen LogP contribution >= 0.6 is 0 Å². The van der Waals surface area contributed by atoms with E-state index in [1.807, 2.05) is 0 Å². The Labute approximate surface area is 97.0 Å². The summed E-state index contributed by atoms with van der Waals surface area (Å²) < 4.78 is 73.1. The number of anilines is 1. The van der Waals surface area contributed by atoms with Gasteiger partial charge in [-0.05, 0) is 12.1 Å². The molecule has 0 saturated carbocycles. The summed E-state index contributed by atoms with van der Waals surface area (Å²) in [5.74, 6) is 0. The Balaban J connectivity index is 3.05. The first-order valence-electron chi connectivity index (χ1n) is 4.42. The molecular formula is C9H6F6N2O. The first-order chi connectivity index (χ1) is 8.11. The molecule has 1 N–H and O–H groups in total. The van der Waals surface area contributed by atoms with Crippen LogP contribution in [0.3, 0.4) is 0 Å². The van der Waals surface area contributed by atoms with Crippen molar-refractivity contribution < 1.29 is 31.1 Å². The van der Waals surface area contributed by atoms with Crippen LogP contribution in [-0.2, 0) is 0 Å². The summed E-state index contributed by atoms with van der Waals surface area (Å²) in [5, 5.41) is 0.291. The third-order valence-electron chi connectivity index (χ3n) is 1.72. The maximum atomic E-state index is 12.5. The molecule has 0 aromatic heterocycles. The number of nitrogens with one attached hydrogen (secondary N) is 1. The van der Waals surface area contributed by atoms with E-state index in [0.29, 0.717) is 5.32 Å². The summed E-state index contributed by atoms with van der Waals surface area (Å²) >= 11 is 0. The molecule has 0 saturated heterocycles. The van der Waals surface area contributed by atoms with Crippen LogP contribution in [0.15, 0.2) is 30.3 Å². The maximum absolute atomic E-state index is 12.5. The SMILES string of the molecule is O=C(NC(F)(F)F)N(c1ccccc1)C(F)(F)F. The van der Waals surface area contributed by atoms with Crippen molar-refractivity contribution in [2.45, 2.75) is 12.6 Å². The molecule has 0 atom stereocenters. The zero-order valence-corrected chi connectivity index (χ0v) is 8.51. The zero-order chi connectivity index (χ0) is 14.0. The lowest BCUT2D eigenvalue weighted by atomic mass is 10.3. The van der Waals surface area contributed by atoms with Crippen molar-refractivity contribution >= 4 is 11.7 Å². The van der Waals surface area contributed by atoms with Crippen molar-refractivity contribution in [2.24, 2.45) is 0 Å². The Bertz CT molecular complexity index is 413. The van der Waals surface area contributed by atoms with E-state index in [2.05, 4.69) is 0 Å². The number of para-hydroxylation sites is 1. The number of urea groups is 1. The highest BCUT2D eigenvalue weighted by Gasteiger charge is 2.45. The lowest BCUT2D eigenvalue weighted by molar-refractivity contribution is -0.150. The number of rotatable bonds is 1. The summed E-state index contributed by atoms with van der Waals surface area (Å²) in [5.41, 5.74) is -0.716. The van der Waals surface area contributed by atoms with E-state index in [4.69, 9.17) is 0 Å². The number of carbonyl (C=O) groups excluding carboxylic acids is 1. The molecule has 1 aromatic carbocycles. The fourth-order valence-electron chi connectivity index (χ4n) is 1.13. The van der Waals surface area contributed by atoms with Gasteiger partial charge in [0.15, 0.2) is 0 Å². The minimum absolute atomic E-state index is 0.291. The molecule has 0 bridgehead atoms. The topological polar surface area (TPSA) is 32.3 Å². The highest BCUT2D eigenvalue weighted by molar-refractivity contribution is 5.92. The van der Waals surface area contributed by atoms with Gasteiger partial charge in [-0.1, -0.05) is 18.2 Å². The first-order valence-corrected chi connectivity index (χ1v) is 4.42. The Hall–Kier alpha value is -1.93. The van der Waals surface area contributed by atoms with Gasteiger partial charge in [-0.2, -0.15) is 13.2 Å². The number of nitrogens with zero attached hydrogens (tertiary/aromatic N) is 1. The smallest absolute Gasteiger partial charge is 0.248 e. The van der Waals surface area contributed by atoms with Crippen molar-refractivity contribution in [3.63, 3.8) is 0 Å². The first kappa shape index (κ1) is 14.1. The van der Waals surface area contributed by atoms with Gasteiger partial charge in [-0.25, -0.2) is 15.0 Å². The molecule has 3 nitrogen and oxygen atoms in total. The second kappa shape index (κ2) is 4.75. The number of alkyl halides is 6. The number of benzene rings is 1. The van der Waals surface area contributed by atoms with E-state index in [0.717, 1.165) is 24.3 Å². The van der Waals surface area contributed by atoms with E-state index in [1.54, 1.807) is 0 Å². The Morgan fingerprint density at radius 3 is 1.89 bits per heavy atom. The van der Waals surface area contributed by atoms with Crippen molar-refractivity contribution in [1.29, 1.82) is 0 Å². The van der Waals surface area contributed by atoms with Crippen LogP contribution in [0.4, 0.5) is 36.8 Å². The van der Waals surface area contributed by atoms with Crippen molar-refractivity contribution in [3.05, 3.63) is 30.3 Å². The van der Waals surface area contributed by atoms with Gasteiger partial charge in [0.1, 0.15) is 0 Å². The van der Waals surface area contributed by atoms with E-state index < -0.39 is 29.2 Å². The van der Waals surface area contributed by atoms with Crippen LogP contribution in [0.25, 0.3) is 0 Å². The fraction of sp³-hybridized carbons (Fsp3) is 0.222. The number of hydrogen-bond donors (Lipinski definition) is 1. The number of hydrogen-bond acceptors (Lipinski definition) is 1. The molecule has 0 unspecified atom stereocenters. The normalized spacial score (nSPS) is 12.1. The van der Waals surface area contributed by atoms with E-state index >= 15 is 0 Å². The van der Waals surface area contributed by atoms with Crippen LogP contribution in [0, 0.1) is 0 Å². The van der Waals surface area contributed by atoms with E-state index in [-0.39, 0.29) is 0 Å². The van der Waals surface area contributed by atoms with Gasteiger partial charge in [0, 0.05) is 0 Å². The van der Waals surface area contributed by atoms with Gasteiger partial charge in [-0.3, -0.25) is 0 Å². The van der Waals surface area contributed by atoms with Gasteiger partial charge < -0.3 is 0 Å². The number of amides is 2. The van der Waals surface area contributed by atoms with Crippen LogP contribution in [-0.4, -0.2) is 18.6 Å². The predicted molar refractivity (Wildman–Crippen MR) is 49.6 cm³/mol. The molecule has 0 aliphatic carbocycles. The molecule has 1 rings (SSSR count). The molecule has 9 heteroatoms. The molecule has 0 aliphatic heterocycles. The highest BCUT2D eigenvalue weighted by Crippen LogP contribution is 2.29. The molecule has 0 heterocycles. The van der Waals surface area contributed by atoms with Gasteiger partial charge in [0.2, 0.25) is 0 Å². The maximum Gasteiger partial charge on any atom is 0.493 e. The molecule has 0 radical (unpaired) electrons.